The lowest BCUT2D eigenvalue weighted by Crippen LogP contribution is -2.20. The molecule has 1 rings (SSSR count). The van der Waals surface area contributed by atoms with Crippen LogP contribution in [0.15, 0.2) is 12.1 Å². The van der Waals surface area contributed by atoms with E-state index >= 15 is 0 Å². The third kappa shape index (κ3) is 3.39. The molecule has 4 heteroatoms. The van der Waals surface area contributed by atoms with Crippen LogP contribution in [-0.4, -0.2) is 24.4 Å². The van der Waals surface area contributed by atoms with E-state index in [4.69, 9.17) is 16.3 Å². The predicted octanol–water partition coefficient (Wildman–Crippen LogP) is 3.92. The molecule has 0 heterocycles. The van der Waals surface area contributed by atoms with Crippen LogP contribution >= 0.6 is 11.6 Å². The van der Waals surface area contributed by atoms with Crippen molar-refractivity contribution in [3.63, 3.8) is 0 Å². The van der Waals surface area contributed by atoms with Crippen molar-refractivity contribution >= 4 is 17.0 Å². The van der Waals surface area contributed by atoms with Gasteiger partial charge in [-0.1, -0.05) is 13.8 Å². The maximum atomic E-state index is 11.1. The zero-order valence-corrected chi connectivity index (χ0v) is 12.3. The number of ether oxygens (including phenoxy) is 1. The number of amides is 1. The molecule has 0 aliphatic carbocycles. The zero-order chi connectivity index (χ0) is 13.9. The first kappa shape index (κ1) is 14.8. The second kappa shape index (κ2) is 6.10. The fourth-order valence-corrected chi connectivity index (χ4v) is 1.92. The van der Waals surface area contributed by atoms with E-state index in [-0.39, 0.29) is 0 Å². The van der Waals surface area contributed by atoms with Crippen molar-refractivity contribution in [3.8, 4) is 5.75 Å². The first-order valence-electron chi connectivity index (χ1n) is 5.94. The van der Waals surface area contributed by atoms with Gasteiger partial charge in [-0.2, -0.15) is 0 Å². The summed E-state index contributed by atoms with van der Waals surface area (Å²) in [5.41, 5.74) is 3.34. The molecule has 0 unspecified atom stereocenters. The highest BCUT2D eigenvalue weighted by Gasteiger charge is 2.13. The Kier molecular flexibility index (Phi) is 5.03. The van der Waals surface area contributed by atoms with Gasteiger partial charge in [0, 0.05) is 13.6 Å². The summed E-state index contributed by atoms with van der Waals surface area (Å²) in [6.45, 7) is 6.76. The minimum Gasteiger partial charge on any atom is -0.496 e. The summed E-state index contributed by atoms with van der Waals surface area (Å²) >= 11 is 5.45. The minimum atomic E-state index is -0.448. The highest BCUT2D eigenvalue weighted by atomic mass is 35.5. The van der Waals surface area contributed by atoms with Crippen molar-refractivity contribution in [1.82, 2.24) is 4.90 Å². The van der Waals surface area contributed by atoms with Crippen LogP contribution in [0, 0.1) is 6.92 Å². The van der Waals surface area contributed by atoms with E-state index in [2.05, 4.69) is 19.9 Å². The summed E-state index contributed by atoms with van der Waals surface area (Å²) in [4.78, 5) is 12.6. The Labute approximate surface area is 114 Å². The van der Waals surface area contributed by atoms with Crippen LogP contribution in [0.3, 0.4) is 0 Å². The van der Waals surface area contributed by atoms with E-state index in [1.165, 1.54) is 4.90 Å². The van der Waals surface area contributed by atoms with E-state index in [9.17, 15) is 4.79 Å². The van der Waals surface area contributed by atoms with Crippen LogP contribution < -0.4 is 4.74 Å². The molecule has 100 valence electrons. The molecule has 0 saturated carbocycles. The number of halogens is 1. The number of rotatable bonds is 4. The quantitative estimate of drug-likeness (QED) is 0.612. The highest BCUT2D eigenvalue weighted by Crippen LogP contribution is 2.30. The summed E-state index contributed by atoms with van der Waals surface area (Å²) in [5, 5.41) is -0.448. The van der Waals surface area contributed by atoms with Crippen molar-refractivity contribution in [2.75, 3.05) is 14.2 Å². The molecule has 0 atom stereocenters. The summed E-state index contributed by atoms with van der Waals surface area (Å²) < 4.78 is 5.39. The molecule has 1 aromatic carbocycles. The van der Waals surface area contributed by atoms with E-state index in [1.807, 2.05) is 13.0 Å². The largest absolute Gasteiger partial charge is 0.496 e. The number of methoxy groups -OCH3 is 1. The zero-order valence-electron chi connectivity index (χ0n) is 11.6. The third-order valence-electron chi connectivity index (χ3n) is 3.02. The van der Waals surface area contributed by atoms with Crippen LogP contribution in [0.2, 0.25) is 0 Å². The maximum Gasteiger partial charge on any atom is 0.316 e. The molecule has 0 fully saturated rings. The van der Waals surface area contributed by atoms with Crippen molar-refractivity contribution in [2.24, 2.45) is 0 Å². The molecule has 0 aliphatic heterocycles. The van der Waals surface area contributed by atoms with Gasteiger partial charge in [0.05, 0.1) is 7.11 Å². The Morgan fingerprint density at radius 3 is 2.50 bits per heavy atom. The normalized spacial score (nSPS) is 10.6. The second-order valence-electron chi connectivity index (χ2n) is 4.78. The average molecular weight is 270 g/mol. The molecule has 0 saturated heterocycles. The Hall–Kier alpha value is -1.22. The van der Waals surface area contributed by atoms with Gasteiger partial charge in [0.2, 0.25) is 0 Å². The number of benzene rings is 1. The molecular weight excluding hydrogens is 250 g/mol. The third-order valence-corrected chi connectivity index (χ3v) is 3.31. The van der Waals surface area contributed by atoms with Crippen LogP contribution in [0.5, 0.6) is 5.75 Å². The van der Waals surface area contributed by atoms with Gasteiger partial charge in [-0.05, 0) is 53.3 Å². The van der Waals surface area contributed by atoms with Crippen molar-refractivity contribution in [2.45, 2.75) is 33.2 Å². The highest BCUT2D eigenvalue weighted by molar-refractivity contribution is 6.62. The number of carbonyl (C=O) groups excluding carboxylic acids is 1. The van der Waals surface area contributed by atoms with E-state index in [0.29, 0.717) is 12.5 Å². The summed E-state index contributed by atoms with van der Waals surface area (Å²) in [5.74, 6) is 1.27. The van der Waals surface area contributed by atoms with E-state index in [1.54, 1.807) is 14.2 Å². The Bertz CT molecular complexity index is 444. The number of hydrogen-bond donors (Lipinski definition) is 0. The first-order valence-corrected chi connectivity index (χ1v) is 6.32. The molecule has 3 nitrogen and oxygen atoms in total. The number of carbonyl (C=O) groups is 1. The molecule has 0 N–H and O–H groups in total. The topological polar surface area (TPSA) is 29.5 Å². The van der Waals surface area contributed by atoms with Gasteiger partial charge in [0.1, 0.15) is 5.75 Å². The summed E-state index contributed by atoms with van der Waals surface area (Å²) in [6, 6.07) is 4.10. The smallest absolute Gasteiger partial charge is 0.316 e. The standard InChI is InChI=1S/C14H20ClNO2/c1-9(2)12-7-11(8-16(4)14(15)17)10(3)6-13(12)18-5/h6-7,9H,8H2,1-5H3. The Morgan fingerprint density at radius 2 is 2.06 bits per heavy atom. The Morgan fingerprint density at radius 1 is 1.44 bits per heavy atom. The fraction of sp³-hybridized carbons (Fsp3) is 0.500. The number of aryl methyl sites for hydroxylation is 1. The van der Waals surface area contributed by atoms with Crippen molar-refractivity contribution in [1.29, 1.82) is 0 Å². The SMILES string of the molecule is COc1cc(C)c(CN(C)C(=O)Cl)cc1C(C)C. The van der Waals surface area contributed by atoms with E-state index in [0.717, 1.165) is 22.4 Å². The van der Waals surface area contributed by atoms with Crippen molar-refractivity contribution in [3.05, 3.63) is 28.8 Å². The number of hydrogen-bond acceptors (Lipinski definition) is 2. The predicted molar refractivity (Wildman–Crippen MR) is 74.5 cm³/mol. The first-order chi connectivity index (χ1) is 8.36. The average Bonchev–Trinajstić information content (AvgIpc) is 2.30. The molecule has 0 aromatic heterocycles. The monoisotopic (exact) mass is 269 g/mol. The molecule has 0 radical (unpaired) electrons. The molecule has 1 aromatic rings. The van der Waals surface area contributed by atoms with Gasteiger partial charge in [-0.15, -0.1) is 0 Å². The van der Waals surface area contributed by atoms with Gasteiger partial charge < -0.3 is 9.64 Å². The fourth-order valence-electron chi connectivity index (χ4n) is 1.86. The van der Waals surface area contributed by atoms with Crippen LogP contribution in [-0.2, 0) is 6.54 Å². The lowest BCUT2D eigenvalue weighted by molar-refractivity contribution is 0.230. The van der Waals surface area contributed by atoms with Crippen LogP contribution in [0.4, 0.5) is 4.79 Å². The molecule has 0 bridgehead atoms. The molecule has 0 spiro atoms. The lowest BCUT2D eigenvalue weighted by Gasteiger charge is -2.19. The molecule has 18 heavy (non-hydrogen) atoms. The van der Waals surface area contributed by atoms with Gasteiger partial charge in [0.25, 0.3) is 0 Å². The van der Waals surface area contributed by atoms with Crippen molar-refractivity contribution < 1.29 is 9.53 Å². The van der Waals surface area contributed by atoms with Crippen LogP contribution in [0.25, 0.3) is 0 Å². The van der Waals surface area contributed by atoms with Gasteiger partial charge >= 0.3 is 5.37 Å². The lowest BCUT2D eigenvalue weighted by atomic mass is 9.96. The van der Waals surface area contributed by atoms with Gasteiger partial charge in [-0.3, -0.25) is 4.79 Å². The minimum absolute atomic E-state index is 0.372. The Balaban J connectivity index is 3.13. The molecular formula is C14H20ClNO2. The molecule has 0 aliphatic rings. The maximum absolute atomic E-state index is 11.1. The van der Waals surface area contributed by atoms with Gasteiger partial charge in [0.15, 0.2) is 0 Å². The van der Waals surface area contributed by atoms with Crippen LogP contribution in [0.1, 0.15) is 36.5 Å². The van der Waals surface area contributed by atoms with Gasteiger partial charge in [-0.25, -0.2) is 0 Å². The number of nitrogens with zero attached hydrogens (tertiary/aromatic N) is 1. The molecule has 1 amide bonds. The second-order valence-corrected chi connectivity index (χ2v) is 5.11. The summed E-state index contributed by atoms with van der Waals surface area (Å²) in [7, 11) is 3.36. The summed E-state index contributed by atoms with van der Waals surface area (Å²) in [6.07, 6.45) is 0. The van der Waals surface area contributed by atoms with E-state index < -0.39 is 5.37 Å².